The van der Waals surface area contributed by atoms with Crippen LogP contribution in [0.5, 0.6) is 0 Å². The molecule has 0 radical (unpaired) electrons. The third kappa shape index (κ3) is 3.79. The summed E-state index contributed by atoms with van der Waals surface area (Å²) in [5, 5.41) is 17.4. The van der Waals surface area contributed by atoms with Crippen molar-refractivity contribution >= 4 is 21.8 Å². The molecule has 0 fully saturated rings. The molecule has 0 atom stereocenters. The van der Waals surface area contributed by atoms with Crippen LogP contribution in [0, 0.1) is 0 Å². The third-order valence-electron chi connectivity index (χ3n) is 3.34. The highest BCUT2D eigenvalue weighted by Gasteiger charge is 2.25. The van der Waals surface area contributed by atoms with Gasteiger partial charge in [0, 0.05) is 0 Å². The van der Waals surface area contributed by atoms with E-state index in [2.05, 4.69) is 4.89 Å². The van der Waals surface area contributed by atoms with Crippen LogP contribution in [0.15, 0.2) is 58.3 Å². The van der Waals surface area contributed by atoms with Crippen molar-refractivity contribution < 1.29 is 33.3 Å². The number of carboxylic acids is 1. The highest BCUT2D eigenvalue weighted by atomic mass is 32.2. The summed E-state index contributed by atoms with van der Waals surface area (Å²) >= 11 is 0. The lowest BCUT2D eigenvalue weighted by molar-refractivity contribution is -0.233. The maximum absolute atomic E-state index is 12.8. The molecule has 2 N–H and O–H groups in total. The number of carbonyl (C=O) groups is 2. The van der Waals surface area contributed by atoms with E-state index < -0.39 is 34.6 Å². The molecule has 0 aliphatic heterocycles. The number of sulfone groups is 1. The van der Waals surface area contributed by atoms with Gasteiger partial charge in [0.15, 0.2) is 0 Å². The summed E-state index contributed by atoms with van der Waals surface area (Å²) in [4.78, 5) is 25.8. The lowest BCUT2D eigenvalue weighted by Gasteiger charge is -2.13. The molecule has 0 heterocycles. The molecule has 0 bridgehead atoms. The molecule has 0 unspecified atom stereocenters. The fraction of sp³-hybridized carbons (Fsp3) is 0.125. The van der Waals surface area contributed by atoms with E-state index in [-0.39, 0.29) is 20.9 Å². The quantitative estimate of drug-likeness (QED) is 0.601. The Morgan fingerprint density at radius 3 is 2.21 bits per heavy atom. The number of carboxylic acid groups (broad SMARTS) is 1. The molecule has 8 heteroatoms. The van der Waals surface area contributed by atoms with Gasteiger partial charge >= 0.3 is 11.9 Å². The first-order valence-electron chi connectivity index (χ1n) is 6.83. The molecule has 0 aliphatic carbocycles. The van der Waals surface area contributed by atoms with Crippen LogP contribution >= 0.6 is 0 Å². The molecule has 126 valence electrons. The Bertz CT molecular complexity index is 857. The zero-order valence-corrected chi connectivity index (χ0v) is 13.2. The predicted octanol–water partition coefficient (Wildman–Crippen LogP) is 1.71. The van der Waals surface area contributed by atoms with Gasteiger partial charge in [-0.25, -0.2) is 13.2 Å². The second-order valence-electron chi connectivity index (χ2n) is 4.92. The average molecular weight is 350 g/mol. The summed E-state index contributed by atoms with van der Waals surface area (Å²) in [5.41, 5.74) is 0.146. The largest absolute Gasteiger partial charge is 0.481 e. The van der Waals surface area contributed by atoms with Crippen molar-refractivity contribution in [3.05, 3.63) is 59.7 Å². The number of rotatable bonds is 6. The number of hydrogen-bond acceptors (Lipinski definition) is 6. The van der Waals surface area contributed by atoms with E-state index in [9.17, 15) is 18.0 Å². The summed E-state index contributed by atoms with van der Waals surface area (Å²) in [5.74, 6) is -2.26. The minimum absolute atomic E-state index is 0.0103. The number of benzene rings is 2. The number of hydrogen-bond donors (Lipinski definition) is 2. The molecule has 0 aliphatic rings. The summed E-state index contributed by atoms with van der Waals surface area (Å²) in [6, 6.07) is 11.7. The Kier molecular flexibility index (Phi) is 5.32. The smallest absolute Gasteiger partial charge is 0.346 e. The van der Waals surface area contributed by atoms with E-state index in [0.29, 0.717) is 0 Å². The molecule has 24 heavy (non-hydrogen) atoms. The van der Waals surface area contributed by atoms with Gasteiger partial charge in [-0.1, -0.05) is 30.3 Å². The lowest BCUT2D eigenvalue weighted by Crippen LogP contribution is -2.15. The van der Waals surface area contributed by atoms with Crippen LogP contribution in [0.4, 0.5) is 0 Å². The highest BCUT2D eigenvalue weighted by molar-refractivity contribution is 7.91. The van der Waals surface area contributed by atoms with Gasteiger partial charge in [-0.3, -0.25) is 4.79 Å². The molecule has 7 nitrogen and oxygen atoms in total. The molecular formula is C16H14O7S. The minimum Gasteiger partial charge on any atom is -0.481 e. The van der Waals surface area contributed by atoms with Gasteiger partial charge in [0.1, 0.15) is 0 Å². The van der Waals surface area contributed by atoms with Gasteiger partial charge < -0.3 is 9.99 Å². The molecule has 0 saturated heterocycles. The van der Waals surface area contributed by atoms with E-state index in [1.165, 1.54) is 30.3 Å². The SMILES string of the molecule is O=C(O)Cc1cccc(S(=O)(=O)c2ccccc2)c1CC(=O)OO. The van der Waals surface area contributed by atoms with Gasteiger partial charge in [-0.15, -0.1) is 0 Å². The zero-order chi connectivity index (χ0) is 17.7. The van der Waals surface area contributed by atoms with E-state index in [1.807, 2.05) is 0 Å². The summed E-state index contributed by atoms with van der Waals surface area (Å²) in [7, 11) is -3.96. The van der Waals surface area contributed by atoms with Crippen molar-refractivity contribution in [2.45, 2.75) is 22.6 Å². The number of aliphatic carboxylic acids is 1. The summed E-state index contributed by atoms with van der Waals surface area (Å²) in [6.07, 6.45) is -1.03. The Labute approximate surface area is 138 Å². The topological polar surface area (TPSA) is 118 Å². The van der Waals surface area contributed by atoms with Gasteiger partial charge in [0.2, 0.25) is 9.84 Å². The van der Waals surface area contributed by atoms with Crippen molar-refractivity contribution in [1.82, 2.24) is 0 Å². The maximum Gasteiger partial charge on any atom is 0.346 e. The molecule has 2 rings (SSSR count). The Balaban J connectivity index is 2.64. The Morgan fingerprint density at radius 1 is 0.958 bits per heavy atom. The molecular weight excluding hydrogens is 336 g/mol. The molecule has 0 spiro atoms. The van der Waals surface area contributed by atoms with Crippen molar-refractivity contribution in [2.24, 2.45) is 0 Å². The Morgan fingerprint density at radius 2 is 1.62 bits per heavy atom. The van der Waals surface area contributed by atoms with E-state index in [4.69, 9.17) is 10.4 Å². The predicted molar refractivity (Wildman–Crippen MR) is 82.1 cm³/mol. The van der Waals surface area contributed by atoms with Crippen LogP contribution < -0.4 is 0 Å². The van der Waals surface area contributed by atoms with Crippen molar-refractivity contribution in [1.29, 1.82) is 0 Å². The first-order valence-corrected chi connectivity index (χ1v) is 8.31. The molecule has 2 aromatic carbocycles. The molecule has 0 aromatic heterocycles. The molecule has 0 amide bonds. The fourth-order valence-electron chi connectivity index (χ4n) is 2.30. The maximum atomic E-state index is 12.8. The van der Waals surface area contributed by atoms with Crippen molar-refractivity contribution in [3.63, 3.8) is 0 Å². The molecule has 2 aromatic rings. The van der Waals surface area contributed by atoms with Gasteiger partial charge in [0.25, 0.3) is 0 Å². The van der Waals surface area contributed by atoms with Crippen LogP contribution in [0.1, 0.15) is 11.1 Å². The van der Waals surface area contributed by atoms with Crippen LogP contribution in [0.3, 0.4) is 0 Å². The van der Waals surface area contributed by atoms with Crippen LogP contribution in [-0.2, 0) is 37.2 Å². The van der Waals surface area contributed by atoms with E-state index in [0.717, 1.165) is 0 Å². The van der Waals surface area contributed by atoms with Crippen LogP contribution in [-0.4, -0.2) is 30.7 Å². The second-order valence-corrected chi connectivity index (χ2v) is 6.84. The fourth-order valence-corrected chi connectivity index (χ4v) is 3.85. The van der Waals surface area contributed by atoms with Crippen LogP contribution in [0.25, 0.3) is 0 Å². The second kappa shape index (κ2) is 7.24. The normalized spacial score (nSPS) is 11.0. The first-order chi connectivity index (χ1) is 11.4. The van der Waals surface area contributed by atoms with Crippen LogP contribution in [0.2, 0.25) is 0 Å². The van der Waals surface area contributed by atoms with Gasteiger partial charge in [-0.05, 0) is 29.3 Å². The van der Waals surface area contributed by atoms with Gasteiger partial charge in [0.05, 0.1) is 22.6 Å². The average Bonchev–Trinajstić information content (AvgIpc) is 2.56. The lowest BCUT2D eigenvalue weighted by atomic mass is 10.0. The monoisotopic (exact) mass is 350 g/mol. The molecule has 0 saturated carbocycles. The zero-order valence-electron chi connectivity index (χ0n) is 12.4. The minimum atomic E-state index is -3.96. The van der Waals surface area contributed by atoms with Crippen molar-refractivity contribution in [2.75, 3.05) is 0 Å². The highest BCUT2D eigenvalue weighted by Crippen LogP contribution is 2.27. The van der Waals surface area contributed by atoms with Crippen molar-refractivity contribution in [3.8, 4) is 0 Å². The summed E-state index contributed by atoms with van der Waals surface area (Å²) in [6.45, 7) is 0. The third-order valence-corrected chi connectivity index (χ3v) is 5.19. The van der Waals surface area contributed by atoms with E-state index >= 15 is 0 Å². The van der Waals surface area contributed by atoms with E-state index in [1.54, 1.807) is 18.2 Å². The Hall–Kier alpha value is -2.71. The number of carbonyl (C=O) groups excluding carboxylic acids is 1. The first kappa shape index (κ1) is 17.6. The summed E-state index contributed by atoms with van der Waals surface area (Å²) < 4.78 is 25.6. The van der Waals surface area contributed by atoms with Gasteiger partial charge in [-0.2, -0.15) is 5.26 Å². The standard InChI is InChI=1S/C16H14O7S/c17-15(18)9-11-5-4-8-14(13(11)10-16(19)23-20)24(21,22)12-6-2-1-3-7-12/h1-8,20H,9-10H2,(H,17,18).